The van der Waals surface area contributed by atoms with E-state index in [9.17, 15) is 4.79 Å². The van der Waals surface area contributed by atoms with Crippen LogP contribution in [0.25, 0.3) is 0 Å². The Balaban J connectivity index is 0.000000139. The summed E-state index contributed by atoms with van der Waals surface area (Å²) in [6.07, 6.45) is 11.0. The van der Waals surface area contributed by atoms with Crippen molar-refractivity contribution in [3.05, 3.63) is 24.3 Å². The lowest BCUT2D eigenvalue weighted by Crippen LogP contribution is -2.16. The summed E-state index contributed by atoms with van der Waals surface area (Å²) in [6, 6.07) is 0. The molecule has 4 unspecified atom stereocenters. The lowest BCUT2D eigenvalue weighted by Gasteiger charge is -2.23. The first-order valence-electron chi connectivity index (χ1n) is 6.54. The van der Waals surface area contributed by atoms with Crippen LogP contribution in [0.3, 0.4) is 0 Å². The van der Waals surface area contributed by atoms with E-state index in [0.29, 0.717) is 5.57 Å². The molecule has 3 rings (SSSR count). The fourth-order valence-electron chi connectivity index (χ4n) is 3.67. The molecule has 2 heteroatoms. The Labute approximate surface area is 104 Å². The van der Waals surface area contributed by atoms with E-state index in [1.54, 1.807) is 19.8 Å². The lowest BCUT2D eigenvalue weighted by atomic mass is 9.82. The number of methoxy groups -OCH3 is 1. The SMILES string of the molecule is C1=CC2C3CCC(C3)C2C1.C=C(C)C(=O)OC. The number of fused-ring (bicyclic) bond motifs is 5. The highest BCUT2D eigenvalue weighted by atomic mass is 16.5. The molecule has 0 radical (unpaired) electrons. The molecule has 0 aromatic carbocycles. The van der Waals surface area contributed by atoms with Crippen LogP contribution in [-0.2, 0) is 9.53 Å². The number of ether oxygens (including phenoxy) is 1. The second kappa shape index (κ2) is 5.07. The molecule has 2 saturated carbocycles. The molecule has 94 valence electrons. The molecular formula is C15H22O2. The molecule has 0 amide bonds. The molecule has 2 nitrogen and oxygen atoms in total. The van der Waals surface area contributed by atoms with Crippen molar-refractivity contribution in [1.82, 2.24) is 0 Å². The maximum atomic E-state index is 10.2. The van der Waals surface area contributed by atoms with E-state index >= 15 is 0 Å². The Morgan fingerprint density at radius 2 is 2.06 bits per heavy atom. The zero-order chi connectivity index (χ0) is 12.4. The van der Waals surface area contributed by atoms with Gasteiger partial charge in [-0.3, -0.25) is 0 Å². The third-order valence-electron chi connectivity index (χ3n) is 4.46. The Bertz CT molecular complexity index is 343. The number of hydrogen-bond donors (Lipinski definition) is 0. The molecular weight excluding hydrogens is 212 g/mol. The quantitative estimate of drug-likeness (QED) is 0.395. The highest BCUT2D eigenvalue weighted by molar-refractivity contribution is 5.86. The van der Waals surface area contributed by atoms with Gasteiger partial charge in [0, 0.05) is 5.57 Å². The number of rotatable bonds is 1. The summed E-state index contributed by atoms with van der Waals surface area (Å²) in [5, 5.41) is 0. The van der Waals surface area contributed by atoms with Gasteiger partial charge in [-0.25, -0.2) is 4.79 Å². The number of allylic oxidation sites excluding steroid dienone is 2. The number of hydrogen-bond acceptors (Lipinski definition) is 2. The standard InChI is InChI=1S/C10H14.C5H8O2/c1-2-9-7-4-5-8(6-7)10(9)3-1;1-4(2)5(6)7-3/h1-2,7-10H,3-6H2;1H2,2-3H3. The van der Waals surface area contributed by atoms with Crippen LogP contribution in [-0.4, -0.2) is 13.1 Å². The summed E-state index contributed by atoms with van der Waals surface area (Å²) in [6.45, 7) is 4.95. The predicted octanol–water partition coefficient (Wildman–Crippen LogP) is 3.34. The van der Waals surface area contributed by atoms with Crippen molar-refractivity contribution in [3.63, 3.8) is 0 Å². The van der Waals surface area contributed by atoms with Gasteiger partial charge >= 0.3 is 5.97 Å². The van der Waals surface area contributed by atoms with E-state index in [1.165, 1.54) is 20.0 Å². The average Bonchev–Trinajstić information content (AvgIpc) is 3.00. The first-order valence-corrected chi connectivity index (χ1v) is 6.54. The highest BCUT2D eigenvalue weighted by Crippen LogP contribution is 2.56. The maximum Gasteiger partial charge on any atom is 0.332 e. The first kappa shape index (κ1) is 12.4. The monoisotopic (exact) mass is 234 g/mol. The van der Waals surface area contributed by atoms with E-state index in [-0.39, 0.29) is 5.97 Å². The van der Waals surface area contributed by atoms with Crippen LogP contribution in [0.4, 0.5) is 0 Å². The van der Waals surface area contributed by atoms with Crippen molar-refractivity contribution < 1.29 is 9.53 Å². The molecule has 0 N–H and O–H groups in total. The second-order valence-corrected chi connectivity index (χ2v) is 5.51. The largest absolute Gasteiger partial charge is 0.466 e. The van der Waals surface area contributed by atoms with Crippen LogP contribution in [0.1, 0.15) is 32.6 Å². The molecule has 0 aromatic heterocycles. The Morgan fingerprint density at radius 3 is 2.59 bits per heavy atom. The van der Waals surface area contributed by atoms with E-state index in [4.69, 9.17) is 0 Å². The molecule has 0 aromatic rings. The minimum atomic E-state index is -0.347. The summed E-state index contributed by atoms with van der Waals surface area (Å²) < 4.78 is 4.27. The molecule has 0 spiro atoms. The summed E-state index contributed by atoms with van der Waals surface area (Å²) >= 11 is 0. The van der Waals surface area contributed by atoms with Gasteiger partial charge < -0.3 is 4.74 Å². The van der Waals surface area contributed by atoms with E-state index in [0.717, 1.165) is 23.7 Å². The number of esters is 1. The predicted molar refractivity (Wildman–Crippen MR) is 68.4 cm³/mol. The van der Waals surface area contributed by atoms with Crippen molar-refractivity contribution in [3.8, 4) is 0 Å². The van der Waals surface area contributed by atoms with Gasteiger partial charge in [0.15, 0.2) is 0 Å². The molecule has 2 bridgehead atoms. The summed E-state index contributed by atoms with van der Waals surface area (Å²) in [5.74, 6) is 4.01. The van der Waals surface area contributed by atoms with E-state index in [1.807, 2.05) is 0 Å². The zero-order valence-electron chi connectivity index (χ0n) is 10.8. The fourth-order valence-corrected chi connectivity index (χ4v) is 3.67. The average molecular weight is 234 g/mol. The van der Waals surface area contributed by atoms with Crippen molar-refractivity contribution in [2.75, 3.05) is 7.11 Å². The topological polar surface area (TPSA) is 26.3 Å². The Hall–Kier alpha value is -1.05. The number of carbonyl (C=O) groups is 1. The zero-order valence-corrected chi connectivity index (χ0v) is 10.8. The molecule has 2 fully saturated rings. The molecule has 0 saturated heterocycles. The molecule has 0 heterocycles. The molecule has 0 aliphatic heterocycles. The van der Waals surface area contributed by atoms with Gasteiger partial charge in [-0.1, -0.05) is 18.7 Å². The van der Waals surface area contributed by atoms with Gasteiger partial charge in [-0.05, 0) is 56.3 Å². The summed E-state index contributed by atoms with van der Waals surface area (Å²) in [5.41, 5.74) is 0.433. The van der Waals surface area contributed by atoms with Gasteiger partial charge in [0.1, 0.15) is 0 Å². The van der Waals surface area contributed by atoms with Crippen LogP contribution in [0.15, 0.2) is 24.3 Å². The van der Waals surface area contributed by atoms with Crippen molar-refractivity contribution in [1.29, 1.82) is 0 Å². The van der Waals surface area contributed by atoms with Crippen LogP contribution >= 0.6 is 0 Å². The molecule has 4 atom stereocenters. The fraction of sp³-hybridized carbons (Fsp3) is 0.667. The van der Waals surface area contributed by atoms with E-state index < -0.39 is 0 Å². The molecule has 17 heavy (non-hydrogen) atoms. The smallest absolute Gasteiger partial charge is 0.332 e. The third-order valence-corrected chi connectivity index (χ3v) is 4.46. The van der Waals surface area contributed by atoms with Gasteiger partial charge in [0.05, 0.1) is 7.11 Å². The van der Waals surface area contributed by atoms with Crippen molar-refractivity contribution in [2.24, 2.45) is 23.7 Å². The number of carbonyl (C=O) groups excluding carboxylic acids is 1. The minimum Gasteiger partial charge on any atom is -0.466 e. The van der Waals surface area contributed by atoms with Gasteiger partial charge in [0.25, 0.3) is 0 Å². The van der Waals surface area contributed by atoms with Gasteiger partial charge in [-0.15, -0.1) is 0 Å². The Morgan fingerprint density at radius 1 is 1.35 bits per heavy atom. The van der Waals surface area contributed by atoms with Crippen LogP contribution in [0.5, 0.6) is 0 Å². The summed E-state index contributed by atoms with van der Waals surface area (Å²) in [7, 11) is 1.33. The minimum absolute atomic E-state index is 0.347. The van der Waals surface area contributed by atoms with Crippen molar-refractivity contribution >= 4 is 5.97 Å². The third kappa shape index (κ3) is 2.46. The second-order valence-electron chi connectivity index (χ2n) is 5.51. The van der Waals surface area contributed by atoms with Crippen LogP contribution in [0.2, 0.25) is 0 Å². The maximum absolute atomic E-state index is 10.2. The van der Waals surface area contributed by atoms with Crippen LogP contribution < -0.4 is 0 Å². The van der Waals surface area contributed by atoms with Gasteiger partial charge in [0.2, 0.25) is 0 Å². The van der Waals surface area contributed by atoms with Crippen LogP contribution in [0, 0.1) is 23.7 Å². The highest BCUT2D eigenvalue weighted by Gasteiger charge is 2.47. The van der Waals surface area contributed by atoms with Gasteiger partial charge in [-0.2, -0.15) is 0 Å². The van der Waals surface area contributed by atoms with E-state index in [2.05, 4.69) is 23.5 Å². The normalized spacial score (nSPS) is 36.1. The summed E-state index contributed by atoms with van der Waals surface area (Å²) in [4.78, 5) is 10.2. The first-order chi connectivity index (χ1) is 8.13. The lowest BCUT2D eigenvalue weighted by molar-refractivity contribution is -0.136. The van der Waals surface area contributed by atoms with Crippen molar-refractivity contribution in [2.45, 2.75) is 32.6 Å². The molecule has 3 aliphatic rings. The molecule has 3 aliphatic carbocycles. The Kier molecular flexibility index (Phi) is 3.70.